The molecule has 0 saturated carbocycles. The topological polar surface area (TPSA) is 51.5 Å². The minimum Gasteiger partial charge on any atom is -0.455 e. The number of rotatable bonds is 7. The van der Waals surface area contributed by atoms with Gasteiger partial charge < -0.3 is 10.2 Å². The molecule has 0 amide bonds. The summed E-state index contributed by atoms with van der Waals surface area (Å²) in [7, 11) is 0. The second-order valence-electron chi connectivity index (χ2n) is 13.9. The van der Waals surface area contributed by atoms with Crippen LogP contribution in [0.1, 0.15) is 23.6 Å². The molecule has 0 aliphatic heterocycles. The van der Waals surface area contributed by atoms with E-state index in [0.717, 1.165) is 55.3 Å². The largest absolute Gasteiger partial charge is 0.455 e. The summed E-state index contributed by atoms with van der Waals surface area (Å²) in [6.45, 7) is 11.3. The van der Waals surface area contributed by atoms with Crippen molar-refractivity contribution in [3.8, 4) is 22.3 Å². The molecule has 0 radical (unpaired) electrons. The molecule has 0 aliphatic carbocycles. The lowest BCUT2D eigenvalue weighted by Gasteiger charge is -2.10. The highest BCUT2D eigenvalue weighted by atomic mass is 16.3. The molecule has 0 bridgehead atoms. The zero-order chi connectivity index (χ0) is 40.3. The van der Waals surface area contributed by atoms with Gasteiger partial charge in [0.25, 0.3) is 0 Å². The maximum Gasteiger partial charge on any atom is 0.143 e. The van der Waals surface area contributed by atoms with Crippen molar-refractivity contribution in [3.05, 3.63) is 230 Å². The van der Waals surface area contributed by atoms with E-state index in [1.54, 1.807) is 6.20 Å². The van der Waals surface area contributed by atoms with E-state index in [4.69, 9.17) is 10.2 Å². The summed E-state index contributed by atoms with van der Waals surface area (Å²) >= 11 is 0. The summed E-state index contributed by atoms with van der Waals surface area (Å²) in [6, 6.07) is 61.0. The molecular formula is C55H46N2O. The van der Waals surface area contributed by atoms with Gasteiger partial charge in [-0.3, -0.25) is 4.99 Å². The molecule has 282 valence electrons. The number of aryl methyl sites for hydroxylation is 1. The first kappa shape index (κ1) is 38.8. The summed E-state index contributed by atoms with van der Waals surface area (Å²) < 4.78 is 6.63. The first-order chi connectivity index (χ1) is 28.5. The summed E-state index contributed by atoms with van der Waals surface area (Å²) in [4.78, 5) is 3.83. The maximum atomic E-state index is 6.63. The highest BCUT2D eigenvalue weighted by molar-refractivity contribution is 6.32. The molecule has 0 spiro atoms. The molecular weight excluding hydrogens is 705 g/mol. The van der Waals surface area contributed by atoms with Crippen molar-refractivity contribution in [1.29, 1.82) is 0 Å². The third kappa shape index (κ3) is 8.65. The quantitative estimate of drug-likeness (QED) is 0.100. The van der Waals surface area contributed by atoms with Crippen molar-refractivity contribution in [2.75, 3.05) is 0 Å². The normalized spacial score (nSPS) is 11.4. The molecule has 8 aromatic carbocycles. The molecule has 0 atom stereocenters. The van der Waals surface area contributed by atoms with E-state index in [1.807, 2.05) is 61.5 Å². The van der Waals surface area contributed by atoms with Crippen LogP contribution in [-0.2, 0) is 0 Å². The van der Waals surface area contributed by atoms with Crippen molar-refractivity contribution < 1.29 is 4.42 Å². The Balaban J connectivity index is 0.000000266. The van der Waals surface area contributed by atoms with Crippen LogP contribution in [0.15, 0.2) is 222 Å². The number of hydrogen-bond donors (Lipinski definition) is 1. The van der Waals surface area contributed by atoms with Crippen molar-refractivity contribution in [3.63, 3.8) is 0 Å². The van der Waals surface area contributed by atoms with E-state index in [-0.39, 0.29) is 0 Å². The lowest BCUT2D eigenvalue weighted by molar-refractivity contribution is 0.673. The Morgan fingerprint density at radius 1 is 0.586 bits per heavy atom. The van der Waals surface area contributed by atoms with Crippen LogP contribution in [0.2, 0.25) is 0 Å². The Morgan fingerprint density at radius 2 is 1.16 bits per heavy atom. The van der Waals surface area contributed by atoms with Gasteiger partial charge >= 0.3 is 0 Å². The monoisotopic (exact) mass is 750 g/mol. The first-order valence-electron chi connectivity index (χ1n) is 19.4. The van der Waals surface area contributed by atoms with Gasteiger partial charge in [0.2, 0.25) is 0 Å². The molecule has 0 fully saturated rings. The Kier molecular flexibility index (Phi) is 12.3. The van der Waals surface area contributed by atoms with E-state index in [1.165, 1.54) is 32.7 Å². The fraction of sp³-hybridized carbons (Fsp3) is 0.0364. The standard InChI is InChI=1S/C40H29NO.C8H9N.C7H8/c1-3-12-27(17-11-24-41-2)28-13-8-14-29(25-28)30-15-9-16-31(26-30)32-22-10-23-37-38(32)39-35-20-6-4-18-33(35)34-19-5-7-21-36(34)40(39)42-37;1-7(9)8-5-3-2-4-6-8;1-7-5-3-2-4-6-7/h3-26H,2H2,1H3;2-6H,1,9H2;2-6H,1H3/b12-3+,24-11-,27-17+;;. The third-order valence-electron chi connectivity index (χ3n) is 9.97. The molecule has 0 saturated heterocycles. The molecule has 3 nitrogen and oxygen atoms in total. The Hall–Kier alpha value is -7.49. The number of benzene rings is 8. The van der Waals surface area contributed by atoms with Crippen LogP contribution in [-0.4, -0.2) is 6.72 Å². The molecule has 9 aromatic rings. The molecule has 9 rings (SSSR count). The van der Waals surface area contributed by atoms with Crippen LogP contribution in [0.25, 0.3) is 77.0 Å². The van der Waals surface area contributed by atoms with Crippen molar-refractivity contribution >= 4 is 61.5 Å². The number of nitrogens with two attached hydrogens (primary N) is 1. The molecule has 0 unspecified atom stereocenters. The van der Waals surface area contributed by atoms with Gasteiger partial charge in [0.1, 0.15) is 11.2 Å². The summed E-state index contributed by atoms with van der Waals surface area (Å²) in [6.07, 6.45) is 9.84. The van der Waals surface area contributed by atoms with E-state index in [0.29, 0.717) is 5.70 Å². The molecule has 0 aliphatic rings. The number of allylic oxidation sites excluding steroid dienone is 5. The smallest absolute Gasteiger partial charge is 0.143 e. The van der Waals surface area contributed by atoms with Gasteiger partial charge in [0, 0.05) is 28.1 Å². The van der Waals surface area contributed by atoms with E-state index < -0.39 is 0 Å². The van der Waals surface area contributed by atoms with Crippen molar-refractivity contribution in [1.82, 2.24) is 0 Å². The van der Waals surface area contributed by atoms with E-state index in [2.05, 4.69) is 171 Å². The van der Waals surface area contributed by atoms with Crippen LogP contribution in [0.3, 0.4) is 0 Å². The second kappa shape index (κ2) is 18.4. The molecule has 58 heavy (non-hydrogen) atoms. The van der Waals surface area contributed by atoms with Crippen LogP contribution in [0, 0.1) is 6.92 Å². The third-order valence-corrected chi connectivity index (χ3v) is 9.97. The summed E-state index contributed by atoms with van der Waals surface area (Å²) in [5.74, 6) is 0. The molecule has 3 heteroatoms. The highest BCUT2D eigenvalue weighted by Gasteiger charge is 2.18. The minimum atomic E-state index is 0.621. The summed E-state index contributed by atoms with van der Waals surface area (Å²) in [5.41, 5.74) is 17.1. The van der Waals surface area contributed by atoms with E-state index in [9.17, 15) is 0 Å². The molecule has 1 heterocycles. The molecule has 2 N–H and O–H groups in total. The SMILES string of the molecule is C=C(N)c1ccccc1.C=N\C=C/C=C(\C=C\C)c1cccc(-c2cccc(-c3cccc4oc5c6ccccc6c6ccccc6c5c34)c2)c1.Cc1ccccc1. The summed E-state index contributed by atoms with van der Waals surface area (Å²) in [5, 5.41) is 7.14. The molecule has 1 aromatic heterocycles. The number of nitrogens with zero attached hydrogens (tertiary/aromatic N) is 1. The number of hydrogen-bond acceptors (Lipinski definition) is 3. The van der Waals surface area contributed by atoms with Gasteiger partial charge in [-0.2, -0.15) is 0 Å². The zero-order valence-electron chi connectivity index (χ0n) is 33.0. The second-order valence-corrected chi connectivity index (χ2v) is 13.9. The predicted octanol–water partition coefficient (Wildman–Crippen LogP) is 15.0. The van der Waals surface area contributed by atoms with Gasteiger partial charge in [-0.15, -0.1) is 0 Å². The minimum absolute atomic E-state index is 0.621. The average molecular weight is 751 g/mol. The fourth-order valence-electron chi connectivity index (χ4n) is 7.25. The average Bonchev–Trinajstić information content (AvgIpc) is 3.68. The van der Waals surface area contributed by atoms with Crippen LogP contribution in [0.4, 0.5) is 0 Å². The van der Waals surface area contributed by atoms with Crippen LogP contribution >= 0.6 is 0 Å². The van der Waals surface area contributed by atoms with Gasteiger partial charge in [0.15, 0.2) is 0 Å². The van der Waals surface area contributed by atoms with Gasteiger partial charge in [-0.25, -0.2) is 0 Å². The lowest BCUT2D eigenvalue weighted by atomic mass is 9.92. The number of furan rings is 1. The van der Waals surface area contributed by atoms with Gasteiger partial charge in [-0.1, -0.05) is 188 Å². The number of fused-ring (bicyclic) bond motifs is 8. The Bertz CT molecular complexity index is 2950. The Morgan fingerprint density at radius 3 is 1.79 bits per heavy atom. The van der Waals surface area contributed by atoms with Crippen LogP contribution < -0.4 is 5.73 Å². The first-order valence-corrected chi connectivity index (χ1v) is 19.4. The zero-order valence-corrected chi connectivity index (χ0v) is 33.0. The van der Waals surface area contributed by atoms with Gasteiger partial charge in [0.05, 0.1) is 0 Å². The van der Waals surface area contributed by atoms with Crippen molar-refractivity contribution in [2.45, 2.75) is 13.8 Å². The maximum absolute atomic E-state index is 6.63. The van der Waals surface area contributed by atoms with E-state index >= 15 is 0 Å². The van der Waals surface area contributed by atoms with Crippen molar-refractivity contribution in [2.24, 2.45) is 10.7 Å². The van der Waals surface area contributed by atoms with Crippen LogP contribution in [0.5, 0.6) is 0 Å². The highest BCUT2D eigenvalue weighted by Crippen LogP contribution is 2.44. The van der Waals surface area contributed by atoms with Gasteiger partial charge in [-0.05, 0) is 100.0 Å². The predicted molar refractivity (Wildman–Crippen MR) is 252 cm³/mol. The fourth-order valence-corrected chi connectivity index (χ4v) is 7.25. The lowest BCUT2D eigenvalue weighted by Crippen LogP contribution is -1.91. The number of aliphatic imine (C=N–C) groups is 1. The Labute approximate surface area is 341 Å².